The summed E-state index contributed by atoms with van der Waals surface area (Å²) < 4.78 is 81.6. The molecule has 2 aliphatic rings. The van der Waals surface area contributed by atoms with Crippen molar-refractivity contribution in [2.45, 2.75) is 29.7 Å². The normalized spacial score (nSPS) is 21.1. The van der Waals surface area contributed by atoms with Crippen LogP contribution in [0, 0.1) is 5.82 Å². The van der Waals surface area contributed by atoms with E-state index in [-0.39, 0.29) is 12.0 Å². The summed E-state index contributed by atoms with van der Waals surface area (Å²) in [7, 11) is -4.47. The molecule has 3 aromatic rings. The maximum atomic E-state index is 14.6. The molecule has 0 aliphatic carbocycles. The Morgan fingerprint density at radius 1 is 1.10 bits per heavy atom. The highest BCUT2D eigenvalue weighted by Crippen LogP contribution is 2.54. The first kappa shape index (κ1) is 18.3. The van der Waals surface area contributed by atoms with Crippen molar-refractivity contribution in [3.63, 3.8) is 0 Å². The first-order valence-corrected chi connectivity index (χ1v) is 10.0. The van der Waals surface area contributed by atoms with Crippen molar-refractivity contribution < 1.29 is 26.0 Å². The van der Waals surface area contributed by atoms with E-state index in [1.807, 2.05) is 0 Å². The summed E-state index contributed by atoms with van der Waals surface area (Å²) >= 11 is 0. The smallest absolute Gasteiger partial charge is 0.282 e. The summed E-state index contributed by atoms with van der Waals surface area (Å²) in [6.07, 6.45) is -3.21. The van der Waals surface area contributed by atoms with Crippen molar-refractivity contribution >= 4 is 10.0 Å². The van der Waals surface area contributed by atoms with Gasteiger partial charge in [-0.25, -0.2) is 17.8 Å². The molecule has 11 heteroatoms. The van der Waals surface area contributed by atoms with Gasteiger partial charge in [0.1, 0.15) is 11.5 Å². The van der Waals surface area contributed by atoms with Crippen LogP contribution in [-0.2, 0) is 22.6 Å². The van der Waals surface area contributed by atoms with Crippen molar-refractivity contribution in [1.29, 1.82) is 0 Å². The number of nitrogens with one attached hydrogen (secondary N) is 1. The first-order chi connectivity index (χ1) is 13.7. The molecule has 0 unspecified atom stereocenters. The highest BCUT2D eigenvalue weighted by molar-refractivity contribution is 7.89. The highest BCUT2D eigenvalue weighted by Gasteiger charge is 2.52. The topological polar surface area (TPSA) is 79.0 Å². The van der Waals surface area contributed by atoms with E-state index < -0.39 is 44.8 Å². The highest BCUT2D eigenvalue weighted by atomic mass is 32.2. The van der Waals surface area contributed by atoms with Gasteiger partial charge in [0.15, 0.2) is 5.03 Å². The number of nitrogens with zero attached hydrogens (tertiary/aromatic N) is 3. The van der Waals surface area contributed by atoms with Crippen LogP contribution < -0.4 is 0 Å². The minimum Gasteiger partial charge on any atom is -0.282 e. The Balaban J connectivity index is 1.70. The average molecular weight is 424 g/mol. The number of aromatic nitrogens is 3. The molecule has 0 saturated carbocycles. The van der Waals surface area contributed by atoms with Gasteiger partial charge in [0, 0.05) is 23.2 Å². The van der Waals surface area contributed by atoms with Crippen LogP contribution in [0.4, 0.5) is 17.6 Å². The molecule has 0 spiro atoms. The lowest BCUT2D eigenvalue weighted by Gasteiger charge is -2.33. The van der Waals surface area contributed by atoms with Gasteiger partial charge in [-0.1, -0.05) is 18.2 Å². The summed E-state index contributed by atoms with van der Waals surface area (Å²) in [5.74, 6) is -0.565. The monoisotopic (exact) mass is 424 g/mol. The van der Waals surface area contributed by atoms with Crippen LogP contribution in [0.25, 0.3) is 0 Å². The molecule has 5 rings (SSSR count). The first-order valence-electron chi connectivity index (χ1n) is 8.58. The zero-order valence-electron chi connectivity index (χ0n) is 14.5. The number of hydrogen-bond acceptors (Lipinski definition) is 4. The van der Waals surface area contributed by atoms with Crippen molar-refractivity contribution in [2.24, 2.45) is 0 Å². The molecule has 1 aromatic carbocycles. The molecule has 4 heterocycles. The number of rotatable bonds is 2. The molecule has 1 N–H and O–H groups in total. The molecule has 2 aromatic heterocycles. The molecule has 29 heavy (non-hydrogen) atoms. The molecule has 2 atom stereocenters. The summed E-state index contributed by atoms with van der Waals surface area (Å²) in [6.45, 7) is 0. The molecule has 0 amide bonds. The van der Waals surface area contributed by atoms with Crippen LogP contribution in [0.1, 0.15) is 40.2 Å². The molecule has 0 radical (unpaired) electrons. The van der Waals surface area contributed by atoms with E-state index >= 15 is 0 Å². The van der Waals surface area contributed by atoms with Crippen molar-refractivity contribution in [1.82, 2.24) is 19.5 Å². The van der Waals surface area contributed by atoms with E-state index in [4.69, 9.17) is 0 Å². The largest absolute Gasteiger partial charge is 0.433 e. The van der Waals surface area contributed by atoms with Crippen LogP contribution in [0.5, 0.6) is 0 Å². The zero-order chi connectivity index (χ0) is 20.6. The van der Waals surface area contributed by atoms with E-state index in [0.717, 1.165) is 16.4 Å². The quantitative estimate of drug-likeness (QED) is 0.640. The molecular weight excluding hydrogens is 412 g/mol. The molecule has 0 fully saturated rings. The number of pyridine rings is 1. The Labute approximate surface area is 162 Å². The third-order valence-corrected chi connectivity index (χ3v) is 7.05. The SMILES string of the molecule is O=S(=O)(c1cccc(C(F)(F)F)n1)N1[C@H]2c3cn[nH]c3C[C@@H]1c1c(F)cccc12. The Morgan fingerprint density at radius 3 is 2.62 bits per heavy atom. The van der Waals surface area contributed by atoms with Crippen molar-refractivity contribution in [2.75, 3.05) is 0 Å². The number of H-pyrrole nitrogens is 1. The van der Waals surface area contributed by atoms with Gasteiger partial charge in [-0.05, 0) is 23.8 Å². The van der Waals surface area contributed by atoms with E-state index in [2.05, 4.69) is 15.2 Å². The van der Waals surface area contributed by atoms with Gasteiger partial charge >= 0.3 is 6.18 Å². The average Bonchev–Trinajstić information content (AvgIpc) is 3.23. The number of benzene rings is 1. The predicted molar refractivity (Wildman–Crippen MR) is 91.5 cm³/mol. The number of alkyl halides is 3. The lowest BCUT2D eigenvalue weighted by Crippen LogP contribution is -2.38. The fraction of sp³-hybridized carbons (Fsp3) is 0.222. The van der Waals surface area contributed by atoms with E-state index in [9.17, 15) is 26.0 Å². The van der Waals surface area contributed by atoms with Crippen molar-refractivity contribution in [3.05, 3.63) is 76.5 Å². The van der Waals surface area contributed by atoms with Gasteiger partial charge in [0.05, 0.1) is 18.3 Å². The number of halogens is 4. The maximum absolute atomic E-state index is 14.6. The van der Waals surface area contributed by atoms with Gasteiger partial charge in [0.25, 0.3) is 10.0 Å². The molecule has 150 valence electrons. The molecule has 6 nitrogen and oxygen atoms in total. The van der Waals surface area contributed by atoms with Gasteiger partial charge in [-0.3, -0.25) is 5.10 Å². The Hall–Kier alpha value is -2.79. The number of aromatic amines is 1. The summed E-state index contributed by atoms with van der Waals surface area (Å²) in [6, 6.07) is 5.22. The van der Waals surface area contributed by atoms with Gasteiger partial charge in [0.2, 0.25) is 0 Å². The van der Waals surface area contributed by atoms with Crippen molar-refractivity contribution in [3.8, 4) is 0 Å². The second kappa shape index (κ2) is 5.86. The summed E-state index contributed by atoms with van der Waals surface area (Å²) in [4.78, 5) is 3.34. The molecule has 2 aliphatic heterocycles. The Morgan fingerprint density at radius 2 is 1.86 bits per heavy atom. The maximum Gasteiger partial charge on any atom is 0.433 e. The van der Waals surface area contributed by atoms with Crippen LogP contribution in [0.3, 0.4) is 0 Å². The van der Waals surface area contributed by atoms with Gasteiger partial charge in [-0.15, -0.1) is 0 Å². The molecule has 2 bridgehead atoms. The van der Waals surface area contributed by atoms with E-state index in [0.29, 0.717) is 22.9 Å². The molecule has 0 saturated heterocycles. The Kier molecular flexibility index (Phi) is 3.69. The lowest BCUT2D eigenvalue weighted by molar-refractivity contribution is -0.141. The molecular formula is C18H12F4N4O2S. The number of hydrogen-bond donors (Lipinski definition) is 1. The van der Waals surface area contributed by atoms with Crippen LogP contribution in [0.2, 0.25) is 0 Å². The number of sulfonamides is 1. The lowest BCUT2D eigenvalue weighted by atomic mass is 10.0. The van der Waals surface area contributed by atoms with E-state index in [1.165, 1.54) is 18.3 Å². The zero-order valence-corrected chi connectivity index (χ0v) is 15.3. The van der Waals surface area contributed by atoms with Crippen LogP contribution in [-0.4, -0.2) is 27.9 Å². The Bertz CT molecular complexity index is 1240. The second-order valence-corrected chi connectivity index (χ2v) is 8.65. The third-order valence-electron chi connectivity index (χ3n) is 5.28. The van der Waals surface area contributed by atoms with Crippen LogP contribution >= 0.6 is 0 Å². The fourth-order valence-corrected chi connectivity index (χ4v) is 5.83. The summed E-state index contributed by atoms with van der Waals surface area (Å²) in [5.41, 5.74) is 0.569. The standard InChI is InChI=1S/C18H12F4N4O2S/c19-11-4-1-3-9-16(11)13-7-12-10(8-23-25-12)17(9)26(13)29(27,28)15-6-2-5-14(24-15)18(20,21)22/h1-6,8,13,17H,7H2,(H,23,25)/t13-,17-/m1/s1. The second-order valence-electron chi connectivity index (χ2n) is 6.86. The van der Waals surface area contributed by atoms with Gasteiger partial charge < -0.3 is 0 Å². The minimum atomic E-state index is -4.79. The van der Waals surface area contributed by atoms with Gasteiger partial charge in [-0.2, -0.15) is 22.6 Å². The predicted octanol–water partition coefficient (Wildman–Crippen LogP) is 3.35. The summed E-state index contributed by atoms with van der Waals surface area (Å²) in [5, 5.41) is 6.01. The third kappa shape index (κ3) is 2.53. The van der Waals surface area contributed by atoms with E-state index in [1.54, 1.807) is 6.07 Å². The minimum absolute atomic E-state index is 0.123. The fourth-order valence-electron chi connectivity index (χ4n) is 4.13. The number of fused-ring (bicyclic) bond motifs is 7. The van der Waals surface area contributed by atoms with Crippen LogP contribution in [0.15, 0.2) is 47.6 Å².